The van der Waals surface area contributed by atoms with Gasteiger partial charge in [0.05, 0.1) is 35.5 Å². The van der Waals surface area contributed by atoms with Crippen LogP contribution >= 0.6 is 19.1 Å². The summed E-state index contributed by atoms with van der Waals surface area (Å²) in [4.78, 5) is 53.2. The van der Waals surface area contributed by atoms with Gasteiger partial charge in [-0.15, -0.1) is 0 Å². The Kier molecular flexibility index (Phi) is 13.1. The van der Waals surface area contributed by atoms with Gasteiger partial charge in [-0.3, -0.25) is 29.8 Å². The molecule has 16 nitrogen and oxygen atoms in total. The van der Waals surface area contributed by atoms with Gasteiger partial charge in [-0.1, -0.05) is 29.8 Å². The maximum absolute atomic E-state index is 13.1. The molecular formula is C32H32ClN4O12P. The maximum atomic E-state index is 13.1. The highest BCUT2D eigenvalue weighted by molar-refractivity contribution is 7.56. The lowest BCUT2D eigenvalue weighted by molar-refractivity contribution is -0.138. The molecule has 1 unspecified atom stereocenters. The van der Waals surface area contributed by atoms with Gasteiger partial charge in [0.1, 0.15) is 42.0 Å². The molecule has 0 saturated carbocycles. The molecule has 1 aromatic heterocycles. The minimum Gasteiger partial charge on any atom is -0.496 e. The standard InChI is InChI=1S/C32H32ClN4O12P/c1-19(30(39)40)37-50(43,18-44-2)47-14-13-46-31(41)36-29(38)23-16-22-26(17-28(23)45-3)34-12-11-27(22)48-21-9-10-25(24(33)15-21)35-32(42)49-20-7-5-4-6-8-20/h4-12,15-17,19H,13-14,18H2,1-3H3,(H,35,42)(H,37,43)(H,39,40)(H,36,38,41)/t19-,50?/m0/s1. The van der Waals surface area contributed by atoms with Crippen LogP contribution in [-0.4, -0.2) is 74.0 Å². The summed E-state index contributed by atoms with van der Waals surface area (Å²) in [6.07, 6.45) is -0.834. The monoisotopic (exact) mass is 730 g/mol. The van der Waals surface area contributed by atoms with Gasteiger partial charge in [0.15, 0.2) is 0 Å². The van der Waals surface area contributed by atoms with Crippen LogP contribution < -0.4 is 29.9 Å². The van der Waals surface area contributed by atoms with Gasteiger partial charge in [0.2, 0.25) is 0 Å². The number of anilines is 1. The van der Waals surface area contributed by atoms with E-state index in [-0.39, 0.29) is 27.8 Å². The number of halogens is 1. The number of aromatic nitrogens is 1. The lowest BCUT2D eigenvalue weighted by Gasteiger charge is -2.21. The molecule has 18 heteroatoms. The second-order valence-electron chi connectivity index (χ2n) is 10.2. The van der Waals surface area contributed by atoms with E-state index in [1.165, 1.54) is 51.6 Å². The van der Waals surface area contributed by atoms with Crippen molar-refractivity contribution in [3.05, 3.63) is 83.5 Å². The van der Waals surface area contributed by atoms with Crippen molar-refractivity contribution in [1.82, 2.24) is 15.4 Å². The second-order valence-corrected chi connectivity index (χ2v) is 12.7. The molecule has 0 radical (unpaired) electrons. The number of hydrogen-bond donors (Lipinski definition) is 4. The number of fused-ring (bicyclic) bond motifs is 1. The maximum Gasteiger partial charge on any atom is 0.417 e. The lowest BCUT2D eigenvalue weighted by Crippen LogP contribution is -2.34. The summed E-state index contributed by atoms with van der Waals surface area (Å²) < 4.78 is 44.5. The summed E-state index contributed by atoms with van der Waals surface area (Å²) in [5.74, 6) is -1.12. The van der Waals surface area contributed by atoms with E-state index in [0.29, 0.717) is 22.4 Å². The third-order valence-electron chi connectivity index (χ3n) is 6.52. The zero-order valence-electron chi connectivity index (χ0n) is 26.8. The number of hydrogen-bond acceptors (Lipinski definition) is 12. The number of nitrogens with one attached hydrogen (secondary N) is 3. The largest absolute Gasteiger partial charge is 0.496 e. The Balaban J connectivity index is 1.41. The van der Waals surface area contributed by atoms with Crippen molar-refractivity contribution in [2.24, 2.45) is 0 Å². The van der Waals surface area contributed by atoms with Gasteiger partial charge in [-0.25, -0.2) is 14.7 Å². The van der Waals surface area contributed by atoms with Gasteiger partial charge in [-0.2, -0.15) is 0 Å². The number of para-hydroxylation sites is 1. The minimum absolute atomic E-state index is 0.0583. The molecule has 3 aromatic carbocycles. The van der Waals surface area contributed by atoms with E-state index < -0.39 is 57.2 Å². The SMILES string of the molecule is COCP(=O)(N[C@@H](C)C(=O)O)OCCOC(=O)NC(=O)c1cc2c(Oc3ccc(NC(=O)Oc4ccccc4)c(Cl)c3)ccnc2cc1OC. The number of alkyl carbamates (subject to hydrolysis) is 1. The van der Waals surface area contributed by atoms with Crippen molar-refractivity contribution in [1.29, 1.82) is 0 Å². The van der Waals surface area contributed by atoms with Crippen molar-refractivity contribution in [2.75, 3.05) is 39.1 Å². The Bertz CT molecular complexity index is 1910. The van der Waals surface area contributed by atoms with Gasteiger partial charge in [-0.05, 0) is 43.3 Å². The molecule has 2 atom stereocenters. The minimum atomic E-state index is -3.75. The predicted octanol–water partition coefficient (Wildman–Crippen LogP) is 6.04. The number of carboxylic acids is 1. The van der Waals surface area contributed by atoms with Crippen LogP contribution in [0, 0.1) is 0 Å². The molecule has 4 aromatic rings. The normalized spacial score (nSPS) is 12.6. The van der Waals surface area contributed by atoms with Crippen LogP contribution in [0.2, 0.25) is 5.02 Å². The average molecular weight is 731 g/mol. The number of carbonyl (C=O) groups excluding carboxylic acids is 3. The van der Waals surface area contributed by atoms with Crippen LogP contribution in [0.4, 0.5) is 15.3 Å². The van der Waals surface area contributed by atoms with E-state index >= 15 is 0 Å². The van der Waals surface area contributed by atoms with Crippen LogP contribution in [0.25, 0.3) is 10.9 Å². The molecule has 0 aliphatic heterocycles. The summed E-state index contributed by atoms with van der Waals surface area (Å²) in [7, 11) is -1.16. The first-order valence-electron chi connectivity index (χ1n) is 14.6. The number of nitrogens with zero attached hydrogens (tertiary/aromatic N) is 1. The van der Waals surface area contributed by atoms with Crippen molar-refractivity contribution in [3.63, 3.8) is 0 Å². The first-order chi connectivity index (χ1) is 23.9. The summed E-state index contributed by atoms with van der Waals surface area (Å²) in [6.45, 7) is 0.444. The topological polar surface area (TPSA) is 210 Å². The third kappa shape index (κ3) is 10.4. The number of imide groups is 1. The van der Waals surface area contributed by atoms with Crippen molar-refractivity contribution < 1.29 is 57.1 Å². The molecule has 0 fully saturated rings. The molecule has 0 spiro atoms. The number of carboxylic acid groups (broad SMARTS) is 1. The van der Waals surface area contributed by atoms with E-state index in [4.69, 9.17) is 44.9 Å². The number of aliphatic carboxylic acids is 1. The van der Waals surface area contributed by atoms with Crippen molar-refractivity contribution >= 4 is 59.8 Å². The van der Waals surface area contributed by atoms with Crippen LogP contribution in [0.15, 0.2) is 72.9 Å². The van der Waals surface area contributed by atoms with E-state index in [0.717, 1.165) is 0 Å². The fourth-order valence-electron chi connectivity index (χ4n) is 4.25. The van der Waals surface area contributed by atoms with E-state index in [1.54, 1.807) is 42.5 Å². The third-order valence-corrected chi connectivity index (χ3v) is 8.81. The van der Waals surface area contributed by atoms with Gasteiger partial charge >= 0.3 is 18.2 Å². The molecule has 0 bridgehead atoms. The lowest BCUT2D eigenvalue weighted by atomic mass is 10.1. The number of pyridine rings is 1. The summed E-state index contributed by atoms with van der Waals surface area (Å²) in [5.41, 5.74) is 0.613. The molecule has 50 heavy (non-hydrogen) atoms. The molecule has 4 N–H and O–H groups in total. The summed E-state index contributed by atoms with van der Waals surface area (Å²) in [6, 6.07) is 16.3. The average Bonchev–Trinajstić information content (AvgIpc) is 3.08. The first-order valence-corrected chi connectivity index (χ1v) is 16.8. The summed E-state index contributed by atoms with van der Waals surface area (Å²) >= 11 is 6.40. The number of ether oxygens (including phenoxy) is 5. The number of benzene rings is 3. The van der Waals surface area contributed by atoms with Crippen LogP contribution in [0.5, 0.6) is 23.0 Å². The molecule has 3 amide bonds. The molecule has 4 rings (SSSR count). The molecule has 264 valence electrons. The van der Waals surface area contributed by atoms with Crippen LogP contribution in [0.3, 0.4) is 0 Å². The molecule has 1 heterocycles. The van der Waals surface area contributed by atoms with Gasteiger partial charge in [0.25, 0.3) is 13.4 Å². The van der Waals surface area contributed by atoms with E-state index in [1.807, 2.05) is 0 Å². The number of rotatable bonds is 15. The Morgan fingerprint density at radius 3 is 2.38 bits per heavy atom. The fourth-order valence-corrected chi connectivity index (χ4v) is 6.10. The highest BCUT2D eigenvalue weighted by Gasteiger charge is 2.28. The summed E-state index contributed by atoms with van der Waals surface area (Å²) in [5, 5.41) is 16.6. The van der Waals surface area contributed by atoms with Gasteiger partial charge in [0, 0.05) is 30.8 Å². The van der Waals surface area contributed by atoms with Crippen LogP contribution in [-0.2, 0) is 23.4 Å². The zero-order chi connectivity index (χ0) is 36.3. The fraction of sp³-hybridized carbons (Fsp3) is 0.219. The van der Waals surface area contributed by atoms with Crippen LogP contribution in [0.1, 0.15) is 17.3 Å². The zero-order valence-corrected chi connectivity index (χ0v) is 28.5. The highest BCUT2D eigenvalue weighted by Crippen LogP contribution is 2.42. The quantitative estimate of drug-likeness (QED) is 0.0812. The first kappa shape index (κ1) is 37.6. The highest BCUT2D eigenvalue weighted by atomic mass is 35.5. The molecule has 0 aliphatic rings. The Morgan fingerprint density at radius 1 is 0.940 bits per heavy atom. The smallest absolute Gasteiger partial charge is 0.417 e. The Hall–Kier alpha value is -5.25. The molecule has 0 saturated heterocycles. The van der Waals surface area contributed by atoms with Crippen molar-refractivity contribution in [3.8, 4) is 23.0 Å². The van der Waals surface area contributed by atoms with Gasteiger partial charge < -0.3 is 33.3 Å². The predicted molar refractivity (Wildman–Crippen MR) is 180 cm³/mol. The number of methoxy groups -OCH3 is 2. The number of amides is 3. The number of carbonyl (C=O) groups is 4. The molecule has 0 aliphatic carbocycles. The van der Waals surface area contributed by atoms with Crippen molar-refractivity contribution in [2.45, 2.75) is 13.0 Å². The second kappa shape index (κ2) is 17.4. The van der Waals surface area contributed by atoms with E-state index in [2.05, 4.69) is 20.7 Å². The Morgan fingerprint density at radius 2 is 1.70 bits per heavy atom. The van der Waals surface area contributed by atoms with E-state index in [9.17, 15) is 23.7 Å². The molecular weight excluding hydrogens is 699 g/mol. The Labute approximate surface area is 290 Å².